The maximum atomic E-state index is 9.71. The van der Waals surface area contributed by atoms with Gasteiger partial charge in [0.05, 0.1) is 19.3 Å². The minimum absolute atomic E-state index is 0.0347. The van der Waals surface area contributed by atoms with Gasteiger partial charge in [0, 0.05) is 6.42 Å². The van der Waals surface area contributed by atoms with Crippen molar-refractivity contribution in [3.8, 4) is 12.3 Å². The zero-order valence-corrected chi connectivity index (χ0v) is 10.3. The van der Waals surface area contributed by atoms with E-state index in [4.69, 9.17) is 26.3 Å². The van der Waals surface area contributed by atoms with Gasteiger partial charge in [-0.3, -0.25) is 10.4 Å². The van der Waals surface area contributed by atoms with E-state index in [-0.39, 0.29) is 24.8 Å². The molecule has 8 nitrogen and oxygen atoms in total. The van der Waals surface area contributed by atoms with Gasteiger partial charge in [-0.25, -0.2) is 0 Å². The van der Waals surface area contributed by atoms with Gasteiger partial charge in [-0.2, -0.15) is 0 Å². The first kappa shape index (κ1) is 16.3. The molecule has 0 aromatic carbocycles. The summed E-state index contributed by atoms with van der Waals surface area (Å²) in [7, 11) is 0. The highest BCUT2D eigenvalue weighted by Crippen LogP contribution is 2.24. The summed E-state index contributed by atoms with van der Waals surface area (Å²) >= 11 is 0. The molecule has 0 radical (unpaired) electrons. The summed E-state index contributed by atoms with van der Waals surface area (Å²) in [6.45, 7) is -0.0541. The van der Waals surface area contributed by atoms with Crippen LogP contribution in [-0.2, 0) is 9.47 Å². The van der Waals surface area contributed by atoms with Gasteiger partial charge in [-0.05, 0) is 6.42 Å². The van der Waals surface area contributed by atoms with Gasteiger partial charge in [0.25, 0.3) is 0 Å². The Morgan fingerprint density at radius 2 is 1.84 bits per heavy atom. The summed E-state index contributed by atoms with van der Waals surface area (Å²) in [5, 5.41) is 46.2. The second-order valence-corrected chi connectivity index (χ2v) is 4.22. The number of ether oxygens (including phenoxy) is 2. The third-order valence-electron chi connectivity index (χ3n) is 2.81. The Labute approximate surface area is 110 Å². The van der Waals surface area contributed by atoms with Crippen LogP contribution in [0, 0.1) is 12.3 Å². The summed E-state index contributed by atoms with van der Waals surface area (Å²) in [6, 6.07) is 0. The molecule has 1 aliphatic rings. The van der Waals surface area contributed by atoms with Crippen LogP contribution in [0.25, 0.3) is 0 Å². The number of rotatable bonds is 6. The van der Waals surface area contributed by atoms with Crippen LogP contribution in [0.1, 0.15) is 12.8 Å². The van der Waals surface area contributed by atoms with E-state index in [1.807, 2.05) is 0 Å². The van der Waals surface area contributed by atoms with Crippen LogP contribution < -0.4 is 0 Å². The third-order valence-corrected chi connectivity index (χ3v) is 2.81. The fraction of sp³-hybridized carbons (Fsp3) is 0.818. The first-order valence-corrected chi connectivity index (χ1v) is 5.87. The van der Waals surface area contributed by atoms with Crippen LogP contribution in [0.15, 0.2) is 0 Å². The number of nitrogens with zero attached hydrogens (tertiary/aromatic N) is 1. The van der Waals surface area contributed by atoms with Crippen molar-refractivity contribution in [1.82, 2.24) is 5.23 Å². The summed E-state index contributed by atoms with van der Waals surface area (Å²) in [6.07, 6.45) is -0.800. The lowest BCUT2D eigenvalue weighted by molar-refractivity contribution is -0.323. The monoisotopic (exact) mass is 277 g/mol. The minimum Gasteiger partial charge on any atom is -0.388 e. The molecule has 0 aromatic rings. The van der Waals surface area contributed by atoms with Crippen molar-refractivity contribution in [2.75, 3.05) is 13.2 Å². The smallest absolute Gasteiger partial charge is 0.186 e. The molecule has 0 bridgehead atoms. The highest BCUT2D eigenvalue weighted by atomic mass is 16.8. The number of aliphatic hydroxyl groups excluding tert-OH is 3. The maximum Gasteiger partial charge on any atom is 0.186 e. The Balaban J connectivity index is 2.55. The second-order valence-electron chi connectivity index (χ2n) is 4.22. The Morgan fingerprint density at radius 3 is 2.42 bits per heavy atom. The molecule has 8 heteroatoms. The lowest BCUT2D eigenvalue weighted by Crippen LogP contribution is -2.58. The summed E-state index contributed by atoms with van der Waals surface area (Å²) < 4.78 is 10.4. The topological polar surface area (TPSA) is 123 Å². The Bertz CT molecular complexity index is 306. The summed E-state index contributed by atoms with van der Waals surface area (Å²) in [4.78, 5) is 0. The number of hydrogen-bond donors (Lipinski definition) is 5. The SMILES string of the molecule is C#CCCO[C@H]1OC(CCN(O)O)[C@@H](O)C(O)C1O. The quantitative estimate of drug-likeness (QED) is 0.221. The van der Waals surface area contributed by atoms with E-state index < -0.39 is 30.7 Å². The van der Waals surface area contributed by atoms with Crippen molar-refractivity contribution in [3.63, 3.8) is 0 Å². The minimum atomic E-state index is -1.44. The molecule has 110 valence electrons. The van der Waals surface area contributed by atoms with Gasteiger partial charge >= 0.3 is 0 Å². The van der Waals surface area contributed by atoms with Crippen molar-refractivity contribution in [2.24, 2.45) is 0 Å². The molecule has 1 fully saturated rings. The first-order valence-electron chi connectivity index (χ1n) is 5.87. The highest BCUT2D eigenvalue weighted by Gasteiger charge is 2.43. The Kier molecular flexibility index (Phi) is 6.64. The number of terminal acetylenes is 1. The fourth-order valence-corrected chi connectivity index (χ4v) is 1.77. The van der Waals surface area contributed by atoms with E-state index >= 15 is 0 Å². The summed E-state index contributed by atoms with van der Waals surface area (Å²) in [5.74, 6) is 2.35. The lowest BCUT2D eigenvalue weighted by Gasteiger charge is -2.40. The van der Waals surface area contributed by atoms with Crippen molar-refractivity contribution in [3.05, 3.63) is 0 Å². The molecule has 1 aliphatic heterocycles. The van der Waals surface area contributed by atoms with Crippen molar-refractivity contribution in [2.45, 2.75) is 43.5 Å². The van der Waals surface area contributed by atoms with Crippen LogP contribution in [0.2, 0.25) is 0 Å². The number of hydroxylamine groups is 2. The van der Waals surface area contributed by atoms with E-state index in [1.54, 1.807) is 0 Å². The third kappa shape index (κ3) is 4.68. The van der Waals surface area contributed by atoms with Gasteiger partial charge in [0.2, 0.25) is 0 Å². The van der Waals surface area contributed by atoms with Crippen molar-refractivity contribution < 1.29 is 35.2 Å². The molecule has 5 atom stereocenters. The lowest BCUT2D eigenvalue weighted by atomic mass is 9.97. The predicted octanol–water partition coefficient (Wildman–Crippen LogP) is -1.70. The standard InChI is InChI=1S/C11H19NO7/c1-2-3-6-18-11-10(15)9(14)8(13)7(19-11)4-5-12(16)17/h1,7-11,13-17H,3-6H2/t7?,8-,9?,10?,11+/m1/s1. The Morgan fingerprint density at radius 1 is 1.16 bits per heavy atom. The van der Waals surface area contributed by atoms with Crippen LogP contribution >= 0.6 is 0 Å². The molecule has 1 saturated heterocycles. The molecular formula is C11H19NO7. The Hall–Kier alpha value is -0.760. The van der Waals surface area contributed by atoms with Gasteiger partial charge < -0.3 is 24.8 Å². The zero-order valence-electron chi connectivity index (χ0n) is 10.3. The summed E-state index contributed by atoms with van der Waals surface area (Å²) in [5.41, 5.74) is 0. The van der Waals surface area contributed by atoms with Gasteiger partial charge in [-0.1, -0.05) is 5.23 Å². The maximum absolute atomic E-state index is 9.71. The van der Waals surface area contributed by atoms with Crippen LogP contribution in [0.4, 0.5) is 0 Å². The van der Waals surface area contributed by atoms with E-state index in [0.29, 0.717) is 6.42 Å². The normalized spacial score (nSPS) is 35.3. The van der Waals surface area contributed by atoms with E-state index in [1.165, 1.54) is 0 Å². The number of hydrogen-bond acceptors (Lipinski definition) is 8. The predicted molar refractivity (Wildman–Crippen MR) is 61.0 cm³/mol. The molecule has 0 amide bonds. The van der Waals surface area contributed by atoms with Crippen molar-refractivity contribution in [1.29, 1.82) is 0 Å². The zero-order chi connectivity index (χ0) is 14.4. The average Bonchev–Trinajstić information content (AvgIpc) is 2.37. The van der Waals surface area contributed by atoms with Gasteiger partial charge in [0.1, 0.15) is 18.3 Å². The molecular weight excluding hydrogens is 258 g/mol. The van der Waals surface area contributed by atoms with E-state index in [2.05, 4.69) is 5.92 Å². The van der Waals surface area contributed by atoms with Crippen LogP contribution in [-0.4, -0.2) is 74.8 Å². The molecule has 1 heterocycles. The molecule has 3 unspecified atom stereocenters. The largest absolute Gasteiger partial charge is 0.388 e. The van der Waals surface area contributed by atoms with E-state index in [9.17, 15) is 15.3 Å². The molecule has 5 N–H and O–H groups in total. The fourth-order valence-electron chi connectivity index (χ4n) is 1.77. The molecule has 19 heavy (non-hydrogen) atoms. The highest BCUT2D eigenvalue weighted by molar-refractivity contribution is 4.89. The van der Waals surface area contributed by atoms with Gasteiger partial charge in [0.15, 0.2) is 6.29 Å². The van der Waals surface area contributed by atoms with Crippen LogP contribution in [0.5, 0.6) is 0 Å². The number of aliphatic hydroxyl groups is 3. The second kappa shape index (κ2) is 7.74. The van der Waals surface area contributed by atoms with E-state index in [0.717, 1.165) is 0 Å². The molecule has 0 aliphatic carbocycles. The van der Waals surface area contributed by atoms with Gasteiger partial charge in [-0.15, -0.1) is 12.3 Å². The average molecular weight is 277 g/mol. The molecule has 1 rings (SSSR count). The molecule has 0 spiro atoms. The van der Waals surface area contributed by atoms with Crippen molar-refractivity contribution >= 4 is 0 Å². The van der Waals surface area contributed by atoms with Crippen LogP contribution in [0.3, 0.4) is 0 Å². The molecule has 0 saturated carbocycles. The molecule has 0 aromatic heterocycles. The first-order chi connectivity index (χ1) is 8.97.